The van der Waals surface area contributed by atoms with Gasteiger partial charge in [-0.05, 0) is 38.0 Å². The fourth-order valence-electron chi connectivity index (χ4n) is 3.10. The summed E-state index contributed by atoms with van der Waals surface area (Å²) in [5.74, 6) is 2.41. The summed E-state index contributed by atoms with van der Waals surface area (Å²) in [6.07, 6.45) is 7.53. The smallest absolute Gasteiger partial charge is 0.137 e. The Balaban J connectivity index is 1.85. The van der Waals surface area contributed by atoms with E-state index in [1.807, 2.05) is 6.92 Å². The highest BCUT2D eigenvalue weighted by atomic mass is 35.5. The van der Waals surface area contributed by atoms with Crippen molar-refractivity contribution in [2.45, 2.75) is 71.3 Å². The Hall–Kier alpha value is -0.830. The number of nitrogens with one attached hydrogen (secondary N) is 1. The highest BCUT2D eigenvalue weighted by Gasteiger charge is 2.33. The van der Waals surface area contributed by atoms with Crippen LogP contribution >= 0.6 is 11.6 Å². The Labute approximate surface area is 126 Å². The molecule has 0 amide bonds. The summed E-state index contributed by atoms with van der Waals surface area (Å²) in [5, 5.41) is 4.28. The lowest BCUT2D eigenvalue weighted by Crippen LogP contribution is -2.39. The fourth-order valence-corrected chi connectivity index (χ4v) is 3.27. The van der Waals surface area contributed by atoms with E-state index in [0.29, 0.717) is 22.5 Å². The fraction of sp³-hybridized carbons (Fsp3) is 0.750. The lowest BCUT2D eigenvalue weighted by molar-refractivity contribution is 0.216. The summed E-state index contributed by atoms with van der Waals surface area (Å²) in [7, 11) is 0. The van der Waals surface area contributed by atoms with Gasteiger partial charge in [0, 0.05) is 17.5 Å². The first-order chi connectivity index (χ1) is 9.47. The van der Waals surface area contributed by atoms with E-state index in [-0.39, 0.29) is 0 Å². The second kappa shape index (κ2) is 5.18. The van der Waals surface area contributed by atoms with Crippen molar-refractivity contribution in [2.24, 2.45) is 5.41 Å². The zero-order valence-electron chi connectivity index (χ0n) is 12.7. The lowest BCUT2D eigenvalue weighted by Gasteiger charge is -2.39. The molecule has 2 saturated carbocycles. The summed E-state index contributed by atoms with van der Waals surface area (Å²) in [5.41, 5.74) is 1.31. The second-order valence-electron chi connectivity index (χ2n) is 7.05. The topological polar surface area (TPSA) is 37.8 Å². The normalized spacial score (nSPS) is 25.5. The number of halogens is 1. The predicted molar refractivity (Wildman–Crippen MR) is 83.4 cm³/mol. The van der Waals surface area contributed by atoms with Crippen LogP contribution in [0.4, 0.5) is 5.82 Å². The Bertz CT molecular complexity index is 509. The van der Waals surface area contributed by atoms with Crippen LogP contribution in [0.15, 0.2) is 0 Å². The molecule has 1 aromatic rings. The third kappa shape index (κ3) is 2.78. The zero-order chi connectivity index (χ0) is 14.3. The summed E-state index contributed by atoms with van der Waals surface area (Å²) in [4.78, 5) is 9.19. The molecule has 1 unspecified atom stereocenters. The van der Waals surface area contributed by atoms with Crippen molar-refractivity contribution in [3.8, 4) is 0 Å². The van der Waals surface area contributed by atoms with Gasteiger partial charge in [0.1, 0.15) is 16.8 Å². The number of rotatable bonds is 3. The number of hydrogen-bond donors (Lipinski definition) is 1. The minimum absolute atomic E-state index is 0.321. The summed E-state index contributed by atoms with van der Waals surface area (Å²) in [6.45, 7) is 6.71. The molecule has 3 nitrogen and oxygen atoms in total. The molecule has 110 valence electrons. The first kappa shape index (κ1) is 14.1. The third-order valence-corrected chi connectivity index (χ3v) is 5.23. The molecule has 0 aromatic carbocycles. The molecule has 1 aromatic heterocycles. The van der Waals surface area contributed by atoms with E-state index in [1.54, 1.807) is 0 Å². The largest absolute Gasteiger partial charge is 0.366 e. The van der Waals surface area contributed by atoms with Crippen molar-refractivity contribution < 1.29 is 0 Å². The predicted octanol–water partition coefficient (Wildman–Crippen LogP) is 4.70. The maximum absolute atomic E-state index is 6.29. The summed E-state index contributed by atoms with van der Waals surface area (Å²) < 4.78 is 0. The van der Waals surface area contributed by atoms with Crippen LogP contribution in [0, 0.1) is 12.3 Å². The Morgan fingerprint density at radius 1 is 1.15 bits per heavy atom. The van der Waals surface area contributed by atoms with Gasteiger partial charge in [0.2, 0.25) is 0 Å². The number of nitrogens with zero attached hydrogens (tertiary/aromatic N) is 2. The van der Waals surface area contributed by atoms with Crippen LogP contribution in [-0.4, -0.2) is 16.0 Å². The average Bonchev–Trinajstić information content (AvgIpc) is 3.21. The molecule has 2 fully saturated rings. The molecule has 2 aliphatic rings. The van der Waals surface area contributed by atoms with E-state index in [1.165, 1.54) is 38.5 Å². The quantitative estimate of drug-likeness (QED) is 0.821. The van der Waals surface area contributed by atoms with Gasteiger partial charge in [-0.3, -0.25) is 0 Å². The van der Waals surface area contributed by atoms with Crippen molar-refractivity contribution in [3.63, 3.8) is 0 Å². The highest BCUT2D eigenvalue weighted by molar-refractivity contribution is 6.30. The minimum atomic E-state index is 0.321. The first-order valence-electron chi connectivity index (χ1n) is 7.78. The molecule has 0 radical (unpaired) electrons. The molecule has 4 heteroatoms. The van der Waals surface area contributed by atoms with Crippen LogP contribution in [0.5, 0.6) is 0 Å². The Morgan fingerprint density at radius 2 is 1.90 bits per heavy atom. The van der Waals surface area contributed by atoms with Crippen molar-refractivity contribution in [1.29, 1.82) is 0 Å². The maximum Gasteiger partial charge on any atom is 0.137 e. The SMILES string of the molecule is Cc1c(Cl)nc(C2CC2)nc1NC1CCCCC1(C)C. The number of hydrogen-bond acceptors (Lipinski definition) is 3. The van der Waals surface area contributed by atoms with Gasteiger partial charge in [-0.15, -0.1) is 0 Å². The van der Waals surface area contributed by atoms with E-state index in [0.717, 1.165) is 17.2 Å². The molecule has 3 rings (SSSR count). The minimum Gasteiger partial charge on any atom is -0.366 e. The molecule has 1 atom stereocenters. The summed E-state index contributed by atoms with van der Waals surface area (Å²) >= 11 is 6.29. The van der Waals surface area contributed by atoms with Gasteiger partial charge in [0.05, 0.1) is 0 Å². The average molecular weight is 294 g/mol. The molecule has 1 N–H and O–H groups in total. The highest BCUT2D eigenvalue weighted by Crippen LogP contribution is 2.41. The molecule has 0 aliphatic heterocycles. The summed E-state index contributed by atoms with van der Waals surface area (Å²) in [6, 6.07) is 0.480. The van der Waals surface area contributed by atoms with Gasteiger partial charge < -0.3 is 5.32 Å². The van der Waals surface area contributed by atoms with Gasteiger partial charge in [-0.25, -0.2) is 9.97 Å². The Morgan fingerprint density at radius 3 is 2.55 bits per heavy atom. The standard InChI is InChI=1S/C16H24ClN3/c1-10-13(17)19-15(11-7-8-11)20-14(10)18-12-6-4-5-9-16(12,2)3/h11-12H,4-9H2,1-3H3,(H,18,19,20). The van der Waals surface area contributed by atoms with Crippen LogP contribution in [0.1, 0.15) is 69.7 Å². The van der Waals surface area contributed by atoms with Crippen LogP contribution in [-0.2, 0) is 0 Å². The number of aromatic nitrogens is 2. The van der Waals surface area contributed by atoms with Gasteiger partial charge in [0.15, 0.2) is 0 Å². The van der Waals surface area contributed by atoms with Crippen molar-refractivity contribution in [2.75, 3.05) is 5.32 Å². The molecular weight excluding hydrogens is 270 g/mol. The molecule has 20 heavy (non-hydrogen) atoms. The number of anilines is 1. The van der Waals surface area contributed by atoms with Crippen molar-refractivity contribution >= 4 is 17.4 Å². The van der Waals surface area contributed by atoms with E-state index < -0.39 is 0 Å². The van der Waals surface area contributed by atoms with Crippen LogP contribution in [0.3, 0.4) is 0 Å². The van der Waals surface area contributed by atoms with Crippen LogP contribution in [0.25, 0.3) is 0 Å². The van der Waals surface area contributed by atoms with Crippen molar-refractivity contribution in [1.82, 2.24) is 9.97 Å². The molecule has 0 spiro atoms. The second-order valence-corrected chi connectivity index (χ2v) is 7.41. The molecule has 0 saturated heterocycles. The van der Waals surface area contributed by atoms with Crippen LogP contribution in [0.2, 0.25) is 5.15 Å². The maximum atomic E-state index is 6.29. The van der Waals surface area contributed by atoms with E-state index >= 15 is 0 Å². The molecular formula is C16H24ClN3. The van der Waals surface area contributed by atoms with Gasteiger partial charge in [-0.1, -0.05) is 38.3 Å². The Kier molecular flexibility index (Phi) is 3.65. The van der Waals surface area contributed by atoms with Gasteiger partial charge in [-0.2, -0.15) is 0 Å². The van der Waals surface area contributed by atoms with Crippen molar-refractivity contribution in [3.05, 3.63) is 16.5 Å². The van der Waals surface area contributed by atoms with Crippen LogP contribution < -0.4 is 5.32 Å². The zero-order valence-corrected chi connectivity index (χ0v) is 13.4. The van der Waals surface area contributed by atoms with E-state index in [2.05, 4.69) is 24.1 Å². The molecule has 2 aliphatic carbocycles. The monoisotopic (exact) mass is 293 g/mol. The molecule has 1 heterocycles. The lowest BCUT2D eigenvalue weighted by atomic mass is 9.73. The third-order valence-electron chi connectivity index (χ3n) is 4.86. The molecule has 0 bridgehead atoms. The van der Waals surface area contributed by atoms with Gasteiger partial charge >= 0.3 is 0 Å². The first-order valence-corrected chi connectivity index (χ1v) is 8.16. The van der Waals surface area contributed by atoms with E-state index in [4.69, 9.17) is 16.6 Å². The van der Waals surface area contributed by atoms with E-state index in [9.17, 15) is 0 Å². The van der Waals surface area contributed by atoms with Gasteiger partial charge in [0.25, 0.3) is 0 Å².